The summed E-state index contributed by atoms with van der Waals surface area (Å²) in [6.45, 7) is 0.591. The van der Waals surface area contributed by atoms with Crippen LogP contribution >= 0.6 is 0 Å². The van der Waals surface area contributed by atoms with Gasteiger partial charge in [-0.2, -0.15) is 5.10 Å². The molecule has 6 heteroatoms. The van der Waals surface area contributed by atoms with Gasteiger partial charge in [-0.15, -0.1) is 0 Å². The summed E-state index contributed by atoms with van der Waals surface area (Å²) in [7, 11) is 0. The fraction of sp³-hybridized carbons (Fsp3) is 0.471. The molecule has 1 saturated carbocycles. The fourth-order valence-electron chi connectivity index (χ4n) is 3.06. The highest BCUT2D eigenvalue weighted by atomic mass is 16.2. The van der Waals surface area contributed by atoms with Crippen LogP contribution in [0.4, 0.5) is 10.6 Å². The Morgan fingerprint density at radius 2 is 1.91 bits per heavy atom. The lowest BCUT2D eigenvalue weighted by Crippen LogP contribution is -2.31. The summed E-state index contributed by atoms with van der Waals surface area (Å²) >= 11 is 0. The minimum Gasteiger partial charge on any atom is -0.337 e. The predicted molar refractivity (Wildman–Crippen MR) is 89.3 cm³/mol. The topological polar surface area (TPSA) is 71.8 Å². The lowest BCUT2D eigenvalue weighted by atomic mass is 9.96. The summed E-state index contributed by atoms with van der Waals surface area (Å²) in [6.07, 6.45) is 12.1. The lowest BCUT2D eigenvalue weighted by molar-refractivity contribution is 0.251. The molecule has 6 nitrogen and oxygen atoms in total. The number of rotatable bonds is 5. The van der Waals surface area contributed by atoms with Gasteiger partial charge in [-0.25, -0.2) is 9.48 Å². The van der Waals surface area contributed by atoms with Crippen LogP contribution in [0.15, 0.2) is 36.8 Å². The van der Waals surface area contributed by atoms with Crippen LogP contribution in [0.5, 0.6) is 0 Å². The highest BCUT2D eigenvalue weighted by Crippen LogP contribution is 2.29. The molecular formula is C17H23N5O. The van der Waals surface area contributed by atoms with Crippen LogP contribution in [0, 0.1) is 0 Å². The third-order valence-electron chi connectivity index (χ3n) is 4.28. The van der Waals surface area contributed by atoms with Gasteiger partial charge in [0.15, 0.2) is 0 Å². The first kappa shape index (κ1) is 15.5. The molecule has 0 atom stereocenters. The highest BCUT2D eigenvalue weighted by Gasteiger charge is 2.18. The van der Waals surface area contributed by atoms with Gasteiger partial charge >= 0.3 is 6.03 Å². The Bertz CT molecular complexity index is 619. The molecule has 122 valence electrons. The molecule has 2 heterocycles. The average Bonchev–Trinajstić information content (AvgIpc) is 3.05. The van der Waals surface area contributed by atoms with Crippen LogP contribution < -0.4 is 10.6 Å². The summed E-state index contributed by atoms with van der Waals surface area (Å²) in [6, 6.07) is 5.99. The number of urea groups is 1. The van der Waals surface area contributed by atoms with E-state index in [-0.39, 0.29) is 6.03 Å². The average molecular weight is 313 g/mol. The van der Waals surface area contributed by atoms with E-state index in [1.807, 2.05) is 22.9 Å². The number of pyridine rings is 1. The third-order valence-corrected chi connectivity index (χ3v) is 4.28. The molecule has 23 heavy (non-hydrogen) atoms. The maximum Gasteiger partial charge on any atom is 0.320 e. The molecule has 0 saturated heterocycles. The molecule has 0 aliphatic heterocycles. The van der Waals surface area contributed by atoms with Gasteiger partial charge in [-0.1, -0.05) is 19.3 Å². The van der Waals surface area contributed by atoms with Crippen LogP contribution in [0.2, 0.25) is 0 Å². The van der Waals surface area contributed by atoms with Crippen molar-refractivity contribution in [2.24, 2.45) is 0 Å². The van der Waals surface area contributed by atoms with E-state index in [2.05, 4.69) is 20.7 Å². The number of nitrogens with one attached hydrogen (secondary N) is 2. The number of aromatic nitrogens is 3. The Kier molecular flexibility index (Phi) is 5.24. The zero-order valence-electron chi connectivity index (χ0n) is 13.2. The number of carbonyl (C=O) groups is 1. The standard InChI is InChI=1S/C17H23N5O/c23-17(19-12-8-14-6-10-18-11-7-14)21-16-9-13-20-22(16)15-4-2-1-3-5-15/h6-7,9-11,13,15H,1-5,8,12H2,(H2,19,21,23). The maximum atomic E-state index is 12.1. The molecule has 3 rings (SSSR count). The molecule has 0 aromatic carbocycles. The first-order chi connectivity index (χ1) is 11.3. The van der Waals surface area contributed by atoms with Crippen LogP contribution in [0.3, 0.4) is 0 Å². The second kappa shape index (κ2) is 7.76. The van der Waals surface area contributed by atoms with Gasteiger partial charge in [-0.05, 0) is 37.0 Å². The molecule has 0 unspecified atom stereocenters. The summed E-state index contributed by atoms with van der Waals surface area (Å²) in [5, 5.41) is 10.2. The van der Waals surface area contributed by atoms with Gasteiger partial charge < -0.3 is 5.32 Å². The molecule has 2 amide bonds. The molecule has 0 radical (unpaired) electrons. The quantitative estimate of drug-likeness (QED) is 0.890. The number of carbonyl (C=O) groups excluding carboxylic acids is 1. The summed E-state index contributed by atoms with van der Waals surface area (Å²) in [4.78, 5) is 16.0. The van der Waals surface area contributed by atoms with Gasteiger partial charge in [-0.3, -0.25) is 10.3 Å². The largest absolute Gasteiger partial charge is 0.337 e. The molecule has 1 aliphatic carbocycles. The summed E-state index contributed by atoms with van der Waals surface area (Å²) < 4.78 is 1.96. The number of hydrogen-bond donors (Lipinski definition) is 2. The van der Waals surface area contributed by atoms with E-state index in [4.69, 9.17) is 0 Å². The summed E-state index contributed by atoms with van der Waals surface area (Å²) in [5.41, 5.74) is 1.16. The predicted octanol–water partition coefficient (Wildman–Crippen LogP) is 3.15. The zero-order valence-corrected chi connectivity index (χ0v) is 13.2. The molecule has 1 aliphatic rings. The van der Waals surface area contributed by atoms with Crippen molar-refractivity contribution < 1.29 is 4.79 Å². The summed E-state index contributed by atoms with van der Waals surface area (Å²) in [5.74, 6) is 0.776. The minimum absolute atomic E-state index is 0.184. The molecule has 0 bridgehead atoms. The van der Waals surface area contributed by atoms with E-state index >= 15 is 0 Å². The number of anilines is 1. The van der Waals surface area contributed by atoms with E-state index in [0.29, 0.717) is 12.6 Å². The van der Waals surface area contributed by atoms with Crippen LogP contribution in [-0.4, -0.2) is 27.3 Å². The van der Waals surface area contributed by atoms with Crippen molar-refractivity contribution in [1.82, 2.24) is 20.1 Å². The number of hydrogen-bond acceptors (Lipinski definition) is 3. The van der Waals surface area contributed by atoms with E-state index in [0.717, 1.165) is 30.6 Å². The van der Waals surface area contributed by atoms with Gasteiger partial charge in [0.25, 0.3) is 0 Å². The van der Waals surface area contributed by atoms with E-state index in [9.17, 15) is 4.79 Å². The Hall–Kier alpha value is -2.37. The smallest absolute Gasteiger partial charge is 0.320 e. The van der Waals surface area contributed by atoms with Crippen molar-refractivity contribution in [2.75, 3.05) is 11.9 Å². The van der Waals surface area contributed by atoms with E-state index < -0.39 is 0 Å². The lowest BCUT2D eigenvalue weighted by Gasteiger charge is -2.23. The Morgan fingerprint density at radius 1 is 1.13 bits per heavy atom. The van der Waals surface area contributed by atoms with Gasteiger partial charge in [0.1, 0.15) is 5.82 Å². The molecule has 2 N–H and O–H groups in total. The minimum atomic E-state index is -0.184. The van der Waals surface area contributed by atoms with Gasteiger partial charge in [0, 0.05) is 25.0 Å². The van der Waals surface area contributed by atoms with Crippen molar-refractivity contribution >= 4 is 11.8 Å². The SMILES string of the molecule is O=C(NCCc1ccncc1)Nc1ccnn1C1CCCCC1. The second-order valence-electron chi connectivity index (χ2n) is 5.94. The molecule has 0 spiro atoms. The Balaban J connectivity index is 1.49. The number of nitrogens with zero attached hydrogens (tertiary/aromatic N) is 3. The molecule has 2 aromatic rings. The van der Waals surface area contributed by atoms with Crippen molar-refractivity contribution in [3.05, 3.63) is 42.4 Å². The van der Waals surface area contributed by atoms with Gasteiger partial charge in [0.2, 0.25) is 0 Å². The first-order valence-corrected chi connectivity index (χ1v) is 8.30. The van der Waals surface area contributed by atoms with E-state index in [1.54, 1.807) is 18.6 Å². The Morgan fingerprint density at radius 3 is 2.70 bits per heavy atom. The Labute approximate surface area is 136 Å². The zero-order chi connectivity index (χ0) is 15.9. The normalized spacial score (nSPS) is 15.3. The van der Waals surface area contributed by atoms with Crippen molar-refractivity contribution in [2.45, 2.75) is 44.6 Å². The van der Waals surface area contributed by atoms with Crippen LogP contribution in [0.1, 0.15) is 43.7 Å². The molecular weight excluding hydrogens is 290 g/mol. The third kappa shape index (κ3) is 4.31. The van der Waals surface area contributed by atoms with Crippen molar-refractivity contribution in [1.29, 1.82) is 0 Å². The molecule has 1 fully saturated rings. The molecule has 2 aromatic heterocycles. The van der Waals surface area contributed by atoms with Crippen molar-refractivity contribution in [3.63, 3.8) is 0 Å². The van der Waals surface area contributed by atoms with Gasteiger partial charge in [0.05, 0.1) is 12.2 Å². The highest BCUT2D eigenvalue weighted by molar-refractivity contribution is 5.88. The maximum absolute atomic E-state index is 12.1. The first-order valence-electron chi connectivity index (χ1n) is 8.30. The van der Waals surface area contributed by atoms with Crippen LogP contribution in [-0.2, 0) is 6.42 Å². The number of amides is 2. The fourth-order valence-corrected chi connectivity index (χ4v) is 3.06. The van der Waals surface area contributed by atoms with Crippen LogP contribution in [0.25, 0.3) is 0 Å². The van der Waals surface area contributed by atoms with Crippen molar-refractivity contribution in [3.8, 4) is 0 Å². The second-order valence-corrected chi connectivity index (χ2v) is 5.94. The monoisotopic (exact) mass is 313 g/mol. The van der Waals surface area contributed by atoms with E-state index in [1.165, 1.54) is 19.3 Å².